The van der Waals surface area contributed by atoms with Crippen LogP contribution in [-0.2, 0) is 0 Å². The van der Waals surface area contributed by atoms with E-state index in [9.17, 15) is 4.79 Å². The molecule has 0 radical (unpaired) electrons. The van der Waals surface area contributed by atoms with Crippen molar-refractivity contribution in [3.63, 3.8) is 0 Å². The summed E-state index contributed by atoms with van der Waals surface area (Å²) in [4.78, 5) is 15.1. The fourth-order valence-electron chi connectivity index (χ4n) is 3.20. The predicted octanol–water partition coefficient (Wildman–Crippen LogP) is 4.60. The zero-order valence-corrected chi connectivity index (χ0v) is 13.4. The van der Waals surface area contributed by atoms with Crippen molar-refractivity contribution in [3.8, 4) is 11.1 Å². The van der Waals surface area contributed by atoms with Gasteiger partial charge in [0, 0.05) is 13.1 Å². The summed E-state index contributed by atoms with van der Waals surface area (Å²) in [6.45, 7) is 5.93. The molecule has 1 saturated heterocycles. The third-order valence-electron chi connectivity index (χ3n) is 4.68. The Kier molecular flexibility index (Phi) is 4.28. The predicted molar refractivity (Wildman–Crippen MR) is 91.1 cm³/mol. The zero-order chi connectivity index (χ0) is 15.5. The summed E-state index contributed by atoms with van der Waals surface area (Å²) >= 11 is 0. The molecule has 0 bridgehead atoms. The summed E-state index contributed by atoms with van der Waals surface area (Å²) in [5, 5.41) is 0. The molecule has 0 aliphatic carbocycles. The van der Waals surface area contributed by atoms with Crippen LogP contribution in [0.2, 0.25) is 0 Å². The van der Waals surface area contributed by atoms with Crippen molar-refractivity contribution in [1.82, 2.24) is 4.90 Å². The molecule has 0 atom stereocenters. The van der Waals surface area contributed by atoms with Gasteiger partial charge in [-0.25, -0.2) is 0 Å². The fourth-order valence-corrected chi connectivity index (χ4v) is 3.20. The number of amides is 1. The van der Waals surface area contributed by atoms with E-state index in [1.54, 1.807) is 0 Å². The van der Waals surface area contributed by atoms with Gasteiger partial charge >= 0.3 is 0 Å². The first-order chi connectivity index (χ1) is 10.7. The smallest absolute Gasteiger partial charge is 0.254 e. The SMILES string of the molecule is Cc1ccc(-c2ccccc2)c(C(=O)N2CCCCC2)c1C. The maximum atomic E-state index is 13.1. The molecular formula is C20H23NO. The van der Waals surface area contributed by atoms with Crippen molar-refractivity contribution < 1.29 is 4.79 Å². The van der Waals surface area contributed by atoms with Gasteiger partial charge in [0.05, 0.1) is 5.56 Å². The second-order valence-corrected chi connectivity index (χ2v) is 6.15. The van der Waals surface area contributed by atoms with Crippen LogP contribution in [0.15, 0.2) is 42.5 Å². The third kappa shape index (κ3) is 2.78. The van der Waals surface area contributed by atoms with Crippen LogP contribution in [0.5, 0.6) is 0 Å². The highest BCUT2D eigenvalue weighted by molar-refractivity contribution is 6.02. The summed E-state index contributed by atoms with van der Waals surface area (Å²) < 4.78 is 0. The zero-order valence-electron chi connectivity index (χ0n) is 13.4. The van der Waals surface area contributed by atoms with Crippen LogP contribution in [0.3, 0.4) is 0 Å². The molecule has 1 fully saturated rings. The summed E-state index contributed by atoms with van der Waals surface area (Å²) in [6.07, 6.45) is 3.48. The number of hydrogen-bond acceptors (Lipinski definition) is 1. The molecule has 1 heterocycles. The van der Waals surface area contributed by atoms with E-state index < -0.39 is 0 Å². The molecule has 22 heavy (non-hydrogen) atoms. The van der Waals surface area contributed by atoms with Gasteiger partial charge in [0.2, 0.25) is 0 Å². The van der Waals surface area contributed by atoms with Crippen LogP contribution in [0, 0.1) is 13.8 Å². The number of benzene rings is 2. The number of rotatable bonds is 2. The lowest BCUT2D eigenvalue weighted by atomic mass is 9.92. The molecule has 3 rings (SSSR count). The number of piperidine rings is 1. The van der Waals surface area contributed by atoms with E-state index in [0.717, 1.165) is 48.2 Å². The molecule has 2 heteroatoms. The summed E-state index contributed by atoms with van der Waals surface area (Å²) in [6, 6.07) is 14.4. The Morgan fingerprint density at radius 3 is 2.27 bits per heavy atom. The maximum absolute atomic E-state index is 13.1. The van der Waals surface area contributed by atoms with Crippen LogP contribution in [0.25, 0.3) is 11.1 Å². The first-order valence-electron chi connectivity index (χ1n) is 8.13. The van der Waals surface area contributed by atoms with Crippen molar-refractivity contribution in [2.45, 2.75) is 33.1 Å². The molecule has 0 unspecified atom stereocenters. The minimum atomic E-state index is 0.194. The van der Waals surface area contributed by atoms with Crippen molar-refractivity contribution >= 4 is 5.91 Å². The van der Waals surface area contributed by atoms with Gasteiger partial charge in [-0.3, -0.25) is 4.79 Å². The van der Waals surface area contributed by atoms with Gasteiger partial charge in [0.1, 0.15) is 0 Å². The number of carbonyl (C=O) groups is 1. The molecule has 0 aromatic heterocycles. The fraction of sp³-hybridized carbons (Fsp3) is 0.350. The van der Waals surface area contributed by atoms with E-state index in [2.05, 4.69) is 38.1 Å². The first-order valence-corrected chi connectivity index (χ1v) is 8.13. The first kappa shape index (κ1) is 14.8. The van der Waals surface area contributed by atoms with Gasteiger partial charge in [0.15, 0.2) is 0 Å². The Balaban J connectivity index is 2.08. The number of aryl methyl sites for hydroxylation is 1. The molecule has 1 amide bonds. The van der Waals surface area contributed by atoms with Crippen LogP contribution >= 0.6 is 0 Å². The van der Waals surface area contributed by atoms with Gasteiger partial charge < -0.3 is 4.90 Å². The van der Waals surface area contributed by atoms with Crippen LogP contribution in [0.4, 0.5) is 0 Å². The standard InChI is InChI=1S/C20H23NO/c1-15-11-12-18(17-9-5-3-6-10-17)19(16(15)2)20(22)21-13-7-4-8-14-21/h3,5-6,9-12H,4,7-8,13-14H2,1-2H3. The van der Waals surface area contributed by atoms with E-state index in [1.807, 2.05) is 23.1 Å². The van der Waals surface area contributed by atoms with Gasteiger partial charge in [-0.05, 0) is 55.4 Å². The largest absolute Gasteiger partial charge is 0.339 e. The Morgan fingerprint density at radius 1 is 0.909 bits per heavy atom. The van der Waals surface area contributed by atoms with Crippen molar-refractivity contribution in [2.75, 3.05) is 13.1 Å². The number of hydrogen-bond donors (Lipinski definition) is 0. The van der Waals surface area contributed by atoms with Gasteiger partial charge in [-0.15, -0.1) is 0 Å². The molecule has 1 aliphatic heterocycles. The quantitative estimate of drug-likeness (QED) is 0.792. The van der Waals surface area contributed by atoms with Gasteiger partial charge in [-0.2, -0.15) is 0 Å². The van der Waals surface area contributed by atoms with E-state index in [1.165, 1.54) is 12.0 Å². The van der Waals surface area contributed by atoms with E-state index >= 15 is 0 Å². The van der Waals surface area contributed by atoms with E-state index in [4.69, 9.17) is 0 Å². The lowest BCUT2D eigenvalue weighted by Crippen LogP contribution is -2.36. The lowest BCUT2D eigenvalue weighted by molar-refractivity contribution is 0.0724. The lowest BCUT2D eigenvalue weighted by Gasteiger charge is -2.28. The third-order valence-corrected chi connectivity index (χ3v) is 4.68. The van der Waals surface area contributed by atoms with Crippen LogP contribution in [-0.4, -0.2) is 23.9 Å². The highest BCUT2D eigenvalue weighted by atomic mass is 16.2. The molecule has 2 nitrogen and oxygen atoms in total. The number of nitrogens with zero attached hydrogens (tertiary/aromatic N) is 1. The van der Waals surface area contributed by atoms with Crippen molar-refractivity contribution in [3.05, 3.63) is 59.2 Å². The molecule has 0 spiro atoms. The van der Waals surface area contributed by atoms with Crippen molar-refractivity contribution in [1.29, 1.82) is 0 Å². The average Bonchev–Trinajstić information content (AvgIpc) is 2.58. The topological polar surface area (TPSA) is 20.3 Å². The summed E-state index contributed by atoms with van der Waals surface area (Å²) in [7, 11) is 0. The van der Waals surface area contributed by atoms with Crippen LogP contribution in [0.1, 0.15) is 40.7 Å². The molecule has 114 valence electrons. The molecule has 0 N–H and O–H groups in total. The second-order valence-electron chi connectivity index (χ2n) is 6.15. The Morgan fingerprint density at radius 2 is 1.59 bits per heavy atom. The summed E-state index contributed by atoms with van der Waals surface area (Å²) in [5.74, 6) is 0.194. The average molecular weight is 293 g/mol. The molecule has 2 aromatic carbocycles. The van der Waals surface area contributed by atoms with Crippen molar-refractivity contribution in [2.24, 2.45) is 0 Å². The highest BCUT2D eigenvalue weighted by Gasteiger charge is 2.23. The summed E-state index contributed by atoms with van der Waals surface area (Å²) in [5.41, 5.74) is 5.34. The van der Waals surface area contributed by atoms with E-state index in [-0.39, 0.29) is 5.91 Å². The van der Waals surface area contributed by atoms with E-state index in [0.29, 0.717) is 0 Å². The van der Waals surface area contributed by atoms with Crippen LogP contribution < -0.4 is 0 Å². The molecule has 2 aromatic rings. The number of carbonyl (C=O) groups excluding carboxylic acids is 1. The number of likely N-dealkylation sites (tertiary alicyclic amines) is 1. The Hall–Kier alpha value is -2.09. The van der Waals surface area contributed by atoms with Gasteiger partial charge in [0.25, 0.3) is 5.91 Å². The maximum Gasteiger partial charge on any atom is 0.254 e. The Labute approximate surface area is 132 Å². The highest BCUT2D eigenvalue weighted by Crippen LogP contribution is 2.29. The molecular weight excluding hydrogens is 270 g/mol. The molecule has 1 aliphatic rings. The normalized spacial score (nSPS) is 14.9. The minimum absolute atomic E-state index is 0.194. The molecule has 0 saturated carbocycles. The minimum Gasteiger partial charge on any atom is -0.339 e. The van der Waals surface area contributed by atoms with Gasteiger partial charge in [-0.1, -0.05) is 42.5 Å². The second kappa shape index (κ2) is 6.35. The monoisotopic (exact) mass is 293 g/mol. The Bertz CT molecular complexity index is 670.